The summed E-state index contributed by atoms with van der Waals surface area (Å²) in [6, 6.07) is 3.60. The van der Waals surface area contributed by atoms with Crippen molar-refractivity contribution in [2.45, 2.75) is 33.3 Å². The Morgan fingerprint density at radius 1 is 1.04 bits per heavy atom. The van der Waals surface area contributed by atoms with Gasteiger partial charge in [-0.25, -0.2) is 8.78 Å². The molecule has 1 saturated heterocycles. The molecule has 1 aliphatic heterocycles. The van der Waals surface area contributed by atoms with E-state index in [1.165, 1.54) is 12.5 Å². The molecular weight excluding hydrogens is 298 g/mol. The van der Waals surface area contributed by atoms with Crippen molar-refractivity contribution in [1.29, 1.82) is 0 Å². The zero-order valence-corrected chi connectivity index (χ0v) is 14.4. The normalized spacial score (nSPS) is 19.0. The maximum atomic E-state index is 13.2. The molecule has 23 heavy (non-hydrogen) atoms. The molecule has 1 fully saturated rings. The standard InChI is InChI=1S/C18H28F2N2O/c1-18(2,3)6-7-21-8-10-22(11-9-21)13-17(23)14-4-5-15(19)16(20)12-14/h4-5,12,17,23H,6-11,13H2,1-3H3. The molecule has 0 aliphatic carbocycles. The molecule has 1 N–H and O–H groups in total. The first-order valence-corrected chi connectivity index (χ1v) is 8.32. The van der Waals surface area contributed by atoms with E-state index in [4.69, 9.17) is 0 Å². The van der Waals surface area contributed by atoms with Crippen LogP contribution in [-0.4, -0.2) is 54.2 Å². The molecule has 3 nitrogen and oxygen atoms in total. The lowest BCUT2D eigenvalue weighted by molar-refractivity contribution is 0.0687. The Labute approximate surface area is 137 Å². The van der Waals surface area contributed by atoms with Crippen molar-refractivity contribution in [1.82, 2.24) is 9.80 Å². The van der Waals surface area contributed by atoms with Crippen molar-refractivity contribution < 1.29 is 13.9 Å². The van der Waals surface area contributed by atoms with E-state index in [1.807, 2.05) is 0 Å². The summed E-state index contributed by atoms with van der Waals surface area (Å²) in [6.07, 6.45) is 0.385. The first-order valence-electron chi connectivity index (χ1n) is 8.32. The van der Waals surface area contributed by atoms with Crippen LogP contribution in [0.25, 0.3) is 0 Å². The van der Waals surface area contributed by atoms with Crippen LogP contribution in [0.5, 0.6) is 0 Å². The quantitative estimate of drug-likeness (QED) is 0.901. The van der Waals surface area contributed by atoms with E-state index in [0.29, 0.717) is 17.5 Å². The topological polar surface area (TPSA) is 26.7 Å². The van der Waals surface area contributed by atoms with Crippen LogP contribution in [0.1, 0.15) is 38.9 Å². The van der Waals surface area contributed by atoms with E-state index in [0.717, 1.165) is 44.9 Å². The Balaban J connectivity index is 1.78. The number of nitrogens with zero attached hydrogens (tertiary/aromatic N) is 2. The molecule has 1 aromatic rings. The average molecular weight is 326 g/mol. The predicted octanol–water partition coefficient (Wildman–Crippen LogP) is 3.05. The number of piperazine rings is 1. The van der Waals surface area contributed by atoms with Gasteiger partial charge in [-0.05, 0) is 36.1 Å². The van der Waals surface area contributed by atoms with Gasteiger partial charge in [-0.3, -0.25) is 4.90 Å². The van der Waals surface area contributed by atoms with Gasteiger partial charge in [0, 0.05) is 32.7 Å². The van der Waals surface area contributed by atoms with Crippen molar-refractivity contribution in [2.24, 2.45) is 5.41 Å². The van der Waals surface area contributed by atoms with Crippen LogP contribution in [0.2, 0.25) is 0 Å². The van der Waals surface area contributed by atoms with Crippen LogP contribution in [0.15, 0.2) is 18.2 Å². The molecule has 1 aliphatic rings. The summed E-state index contributed by atoms with van der Waals surface area (Å²) in [7, 11) is 0. The maximum Gasteiger partial charge on any atom is 0.159 e. The SMILES string of the molecule is CC(C)(C)CCN1CCN(CC(O)c2ccc(F)c(F)c2)CC1. The minimum Gasteiger partial charge on any atom is -0.387 e. The third kappa shape index (κ3) is 5.83. The number of aliphatic hydroxyl groups excluding tert-OH is 1. The Morgan fingerprint density at radius 2 is 1.65 bits per heavy atom. The Bertz CT molecular complexity index is 508. The molecule has 0 aromatic heterocycles. The average Bonchev–Trinajstić information content (AvgIpc) is 2.48. The Morgan fingerprint density at radius 3 is 2.22 bits per heavy atom. The fourth-order valence-corrected chi connectivity index (χ4v) is 2.76. The number of rotatable bonds is 5. The second-order valence-electron chi connectivity index (χ2n) is 7.64. The van der Waals surface area contributed by atoms with Crippen LogP contribution < -0.4 is 0 Å². The summed E-state index contributed by atoms with van der Waals surface area (Å²) in [5.74, 6) is -1.79. The zero-order chi connectivity index (χ0) is 17.0. The minimum atomic E-state index is -0.909. The first-order chi connectivity index (χ1) is 10.7. The van der Waals surface area contributed by atoms with Gasteiger partial charge in [0.05, 0.1) is 6.10 Å². The second kappa shape index (κ2) is 7.69. The number of benzene rings is 1. The highest BCUT2D eigenvalue weighted by molar-refractivity contribution is 5.20. The van der Waals surface area contributed by atoms with Gasteiger partial charge in [0.15, 0.2) is 11.6 Å². The van der Waals surface area contributed by atoms with Crippen molar-refractivity contribution in [3.63, 3.8) is 0 Å². The molecule has 130 valence electrons. The highest BCUT2D eigenvalue weighted by Crippen LogP contribution is 2.20. The van der Waals surface area contributed by atoms with Gasteiger partial charge < -0.3 is 10.0 Å². The second-order valence-corrected chi connectivity index (χ2v) is 7.64. The third-order valence-corrected chi connectivity index (χ3v) is 4.40. The summed E-state index contributed by atoms with van der Waals surface area (Å²) in [6.45, 7) is 12.1. The summed E-state index contributed by atoms with van der Waals surface area (Å²) in [4.78, 5) is 4.63. The number of hydrogen-bond donors (Lipinski definition) is 1. The fourth-order valence-electron chi connectivity index (χ4n) is 2.76. The lowest BCUT2D eigenvalue weighted by atomic mass is 9.92. The summed E-state index contributed by atoms with van der Waals surface area (Å²) < 4.78 is 26.2. The number of β-amino-alcohol motifs (C(OH)–C–C–N with tert-alkyl or cyclic N) is 1. The van der Waals surface area contributed by atoms with Crippen molar-refractivity contribution in [2.75, 3.05) is 39.3 Å². The molecular formula is C18H28F2N2O. The van der Waals surface area contributed by atoms with Crippen LogP contribution in [0.4, 0.5) is 8.78 Å². The predicted molar refractivity (Wildman–Crippen MR) is 88.3 cm³/mol. The van der Waals surface area contributed by atoms with Gasteiger partial charge in [0.25, 0.3) is 0 Å². The fraction of sp³-hybridized carbons (Fsp3) is 0.667. The van der Waals surface area contributed by atoms with E-state index < -0.39 is 17.7 Å². The molecule has 0 bridgehead atoms. The van der Waals surface area contributed by atoms with E-state index in [-0.39, 0.29) is 0 Å². The van der Waals surface area contributed by atoms with Crippen molar-refractivity contribution in [3.8, 4) is 0 Å². The molecule has 2 rings (SSSR count). The molecule has 1 heterocycles. The highest BCUT2D eigenvalue weighted by atomic mass is 19.2. The molecule has 1 unspecified atom stereocenters. The summed E-state index contributed by atoms with van der Waals surface area (Å²) in [5.41, 5.74) is 0.777. The molecule has 0 amide bonds. The van der Waals surface area contributed by atoms with Crippen LogP contribution in [-0.2, 0) is 0 Å². The number of hydrogen-bond acceptors (Lipinski definition) is 3. The maximum absolute atomic E-state index is 13.2. The molecule has 1 atom stereocenters. The molecule has 5 heteroatoms. The number of halogens is 2. The van der Waals surface area contributed by atoms with Gasteiger partial charge in [0.1, 0.15) is 0 Å². The highest BCUT2D eigenvalue weighted by Gasteiger charge is 2.21. The smallest absolute Gasteiger partial charge is 0.159 e. The van der Waals surface area contributed by atoms with Crippen molar-refractivity contribution >= 4 is 0 Å². The largest absolute Gasteiger partial charge is 0.387 e. The zero-order valence-electron chi connectivity index (χ0n) is 14.4. The lowest BCUT2D eigenvalue weighted by Gasteiger charge is -2.36. The van der Waals surface area contributed by atoms with E-state index in [1.54, 1.807) is 0 Å². The van der Waals surface area contributed by atoms with Gasteiger partial charge in [-0.2, -0.15) is 0 Å². The van der Waals surface area contributed by atoms with E-state index >= 15 is 0 Å². The van der Waals surface area contributed by atoms with E-state index in [9.17, 15) is 13.9 Å². The van der Waals surface area contributed by atoms with Gasteiger partial charge in [0.2, 0.25) is 0 Å². The number of aliphatic hydroxyl groups is 1. The lowest BCUT2D eigenvalue weighted by Crippen LogP contribution is -2.48. The molecule has 0 saturated carbocycles. The third-order valence-electron chi connectivity index (χ3n) is 4.40. The van der Waals surface area contributed by atoms with Crippen LogP contribution >= 0.6 is 0 Å². The molecule has 0 spiro atoms. The van der Waals surface area contributed by atoms with Crippen LogP contribution in [0.3, 0.4) is 0 Å². The van der Waals surface area contributed by atoms with E-state index in [2.05, 4.69) is 30.6 Å². The Hall–Kier alpha value is -1.04. The summed E-state index contributed by atoms with van der Waals surface area (Å²) >= 11 is 0. The van der Waals surface area contributed by atoms with Gasteiger partial charge in [-0.1, -0.05) is 26.8 Å². The van der Waals surface area contributed by atoms with Gasteiger partial charge in [-0.15, -0.1) is 0 Å². The van der Waals surface area contributed by atoms with Crippen LogP contribution in [0, 0.1) is 17.0 Å². The Kier molecular flexibility index (Phi) is 6.12. The minimum absolute atomic E-state index is 0.347. The first kappa shape index (κ1) is 18.3. The molecule has 1 aromatic carbocycles. The molecule has 0 radical (unpaired) electrons. The summed E-state index contributed by atoms with van der Waals surface area (Å²) in [5, 5.41) is 10.2. The van der Waals surface area contributed by atoms with Gasteiger partial charge >= 0.3 is 0 Å². The van der Waals surface area contributed by atoms with Crippen molar-refractivity contribution in [3.05, 3.63) is 35.4 Å². The monoisotopic (exact) mass is 326 g/mol.